The second kappa shape index (κ2) is 10.8. The van der Waals surface area contributed by atoms with Crippen LogP contribution >= 0.6 is 0 Å². The van der Waals surface area contributed by atoms with Crippen molar-refractivity contribution in [2.75, 3.05) is 10.6 Å². The molecule has 1 aliphatic carbocycles. The minimum atomic E-state index is -4.25. The van der Waals surface area contributed by atoms with E-state index in [0.717, 1.165) is 31.2 Å². The van der Waals surface area contributed by atoms with Crippen LogP contribution in [0.5, 0.6) is 5.88 Å². The molecular formula is C28H38N6O4S. The molecule has 5 rings (SSSR count). The van der Waals surface area contributed by atoms with Gasteiger partial charge >= 0.3 is 0 Å². The van der Waals surface area contributed by atoms with Crippen LogP contribution in [-0.4, -0.2) is 47.5 Å². The van der Waals surface area contributed by atoms with E-state index in [1.54, 1.807) is 24.4 Å². The summed E-state index contributed by atoms with van der Waals surface area (Å²) in [5, 5.41) is -0.321. The first-order valence-electron chi connectivity index (χ1n) is 13.3. The molecule has 2 fully saturated rings. The number of nitrogens with zero attached hydrogens (tertiary/aromatic N) is 4. The van der Waals surface area contributed by atoms with Crippen molar-refractivity contribution in [3.63, 3.8) is 0 Å². The summed E-state index contributed by atoms with van der Waals surface area (Å²) >= 11 is 0. The van der Waals surface area contributed by atoms with Gasteiger partial charge in [0, 0.05) is 32.8 Å². The molecule has 2 aliphatic rings. The van der Waals surface area contributed by atoms with E-state index >= 15 is 0 Å². The fourth-order valence-electron chi connectivity index (χ4n) is 5.71. The van der Waals surface area contributed by atoms with Crippen molar-refractivity contribution in [3.05, 3.63) is 54.2 Å². The van der Waals surface area contributed by atoms with Crippen molar-refractivity contribution in [1.82, 2.24) is 19.7 Å². The van der Waals surface area contributed by atoms with E-state index < -0.39 is 15.9 Å². The van der Waals surface area contributed by atoms with Gasteiger partial charge in [-0.05, 0) is 76.3 Å². The lowest BCUT2D eigenvalue weighted by molar-refractivity contribution is 0.0981. The second-order valence-corrected chi connectivity index (χ2v) is 12.2. The number of anilines is 2. The maximum Gasteiger partial charge on any atom is 0.281 e. The van der Waals surface area contributed by atoms with Gasteiger partial charge in [0.2, 0.25) is 5.88 Å². The average Bonchev–Trinajstić information content (AvgIpc) is 3.23. The van der Waals surface area contributed by atoms with E-state index in [2.05, 4.69) is 26.5 Å². The third kappa shape index (κ3) is 5.68. The summed E-state index contributed by atoms with van der Waals surface area (Å²) in [6.45, 7) is 6.01. The maximum absolute atomic E-state index is 13.5. The van der Waals surface area contributed by atoms with Crippen molar-refractivity contribution in [3.8, 4) is 17.1 Å². The Morgan fingerprint density at radius 3 is 2.64 bits per heavy atom. The Kier molecular flexibility index (Phi) is 7.44. The van der Waals surface area contributed by atoms with Gasteiger partial charge < -0.3 is 15.4 Å². The molecule has 0 aromatic carbocycles. The Morgan fingerprint density at radius 1 is 1.13 bits per heavy atom. The smallest absolute Gasteiger partial charge is 0.281 e. The number of hydrogen-bond donors (Lipinski definition) is 2. The zero-order valence-corrected chi connectivity index (χ0v) is 23.2. The Morgan fingerprint density at radius 2 is 1.92 bits per heavy atom. The molecule has 0 radical (unpaired) electrons. The molecule has 0 spiro atoms. The fraction of sp³-hybridized carbons (Fsp3) is 0.429. The molecule has 3 unspecified atom stereocenters. The number of rotatable bonds is 7. The van der Waals surface area contributed by atoms with Gasteiger partial charge in [-0.2, -0.15) is 8.42 Å². The average molecular weight is 555 g/mol. The Labute approximate surface area is 232 Å². The van der Waals surface area contributed by atoms with Crippen LogP contribution in [0.25, 0.3) is 11.3 Å². The molecule has 0 bridgehead atoms. The van der Waals surface area contributed by atoms with E-state index in [9.17, 15) is 13.2 Å². The quantitative estimate of drug-likeness (QED) is 0.426. The van der Waals surface area contributed by atoms with Crippen LogP contribution in [0.4, 0.5) is 11.6 Å². The molecular weight excluding hydrogens is 516 g/mol. The summed E-state index contributed by atoms with van der Waals surface area (Å²) in [6.07, 6.45) is 7.17. The normalized spacial score (nSPS) is 21.0. The highest BCUT2D eigenvalue weighted by Crippen LogP contribution is 2.43. The van der Waals surface area contributed by atoms with Crippen LogP contribution < -0.4 is 20.1 Å². The molecule has 10 nitrogen and oxygen atoms in total. The summed E-state index contributed by atoms with van der Waals surface area (Å²) < 4.78 is 33.8. The number of carbonyl (C=O) groups is 1. The summed E-state index contributed by atoms with van der Waals surface area (Å²) in [4.78, 5) is 28.9. The molecule has 3 N–H and O–H groups in total. The van der Waals surface area contributed by atoms with Crippen molar-refractivity contribution in [2.24, 2.45) is 5.92 Å². The molecule has 3 aromatic rings. The van der Waals surface area contributed by atoms with E-state index in [4.69, 9.17) is 15.5 Å². The van der Waals surface area contributed by atoms with Crippen LogP contribution in [0.15, 0.2) is 53.7 Å². The highest BCUT2D eigenvalue weighted by Gasteiger charge is 2.42. The zero-order valence-electron chi connectivity index (χ0n) is 22.4. The number of nitrogens with two attached hydrogens (primary N) is 1. The minimum Gasteiger partial charge on any atom is -0.475 e. The number of sulfonamides is 1. The number of nitrogen functional groups attached to an aromatic ring is 1. The third-order valence-electron chi connectivity index (χ3n) is 7.35. The predicted molar refractivity (Wildman–Crippen MR) is 153 cm³/mol. The Balaban J connectivity index is 0.00000231. The first-order valence-corrected chi connectivity index (χ1v) is 14.8. The summed E-state index contributed by atoms with van der Waals surface area (Å²) in [7, 11) is -4.25. The van der Waals surface area contributed by atoms with E-state index in [1.807, 2.05) is 19.9 Å². The number of carbonyl (C=O) groups excluding carboxylic acids is 1. The molecule has 3 atom stereocenters. The van der Waals surface area contributed by atoms with Crippen LogP contribution in [-0.2, 0) is 10.0 Å². The molecule has 1 amide bonds. The third-order valence-corrected chi connectivity index (χ3v) is 8.58. The highest BCUT2D eigenvalue weighted by atomic mass is 32.2. The van der Waals surface area contributed by atoms with E-state index in [0.29, 0.717) is 23.3 Å². The lowest BCUT2D eigenvalue weighted by atomic mass is 9.85. The standard InChI is InChI=1S/C28H34N6O4S.2H2/c1-17(2)38-25-14-11-20(16-30-25)22-13-12-21(28(35)33-39(36,37)26-10-6-9-24(29)32-26)27(31-22)34-18(3)15-19-7-4-5-8-23(19)34;;/h6,9-14,16-19,23H,4-5,7-8,15H2,1-3H3,(H2,29,32)(H,33,35);2*1H. The molecule has 1 saturated heterocycles. The number of nitrogens with one attached hydrogen (secondary N) is 1. The van der Waals surface area contributed by atoms with Crippen LogP contribution in [0.1, 0.15) is 66.1 Å². The monoisotopic (exact) mass is 554 g/mol. The molecule has 3 aromatic heterocycles. The van der Waals surface area contributed by atoms with Gasteiger partial charge in [0.05, 0.1) is 17.4 Å². The van der Waals surface area contributed by atoms with Gasteiger partial charge in [-0.15, -0.1) is 0 Å². The lowest BCUT2D eigenvalue weighted by Crippen LogP contribution is -2.40. The first-order chi connectivity index (χ1) is 18.6. The number of pyridine rings is 3. The van der Waals surface area contributed by atoms with Gasteiger partial charge in [0.25, 0.3) is 15.9 Å². The fourth-order valence-corrected chi connectivity index (χ4v) is 6.65. The number of ether oxygens (including phenoxy) is 1. The Hall–Kier alpha value is -3.73. The van der Waals surface area contributed by atoms with Crippen molar-refractivity contribution < 1.29 is 20.8 Å². The topological polar surface area (TPSA) is 140 Å². The largest absolute Gasteiger partial charge is 0.475 e. The van der Waals surface area contributed by atoms with Crippen molar-refractivity contribution in [2.45, 2.75) is 76.1 Å². The van der Waals surface area contributed by atoms with Gasteiger partial charge in [-0.1, -0.05) is 18.9 Å². The van der Waals surface area contributed by atoms with Crippen molar-refractivity contribution >= 4 is 27.6 Å². The van der Waals surface area contributed by atoms with E-state index in [-0.39, 0.29) is 37.4 Å². The van der Waals surface area contributed by atoms with Crippen LogP contribution in [0, 0.1) is 5.92 Å². The van der Waals surface area contributed by atoms with Gasteiger partial charge in [-0.3, -0.25) is 4.79 Å². The second-order valence-electron chi connectivity index (χ2n) is 10.6. The van der Waals surface area contributed by atoms with Gasteiger partial charge in [-0.25, -0.2) is 19.7 Å². The maximum atomic E-state index is 13.5. The number of hydrogen-bond acceptors (Lipinski definition) is 9. The summed E-state index contributed by atoms with van der Waals surface area (Å²) in [5.74, 6) is 0.793. The zero-order chi connectivity index (χ0) is 27.7. The lowest BCUT2D eigenvalue weighted by Gasteiger charge is -2.35. The first kappa shape index (κ1) is 26.9. The highest BCUT2D eigenvalue weighted by molar-refractivity contribution is 7.90. The van der Waals surface area contributed by atoms with Gasteiger partial charge in [0.1, 0.15) is 11.6 Å². The number of aromatic nitrogens is 3. The minimum absolute atomic E-state index is 0. The van der Waals surface area contributed by atoms with Crippen LogP contribution in [0.3, 0.4) is 0 Å². The van der Waals surface area contributed by atoms with Crippen LogP contribution in [0.2, 0.25) is 0 Å². The summed E-state index contributed by atoms with van der Waals surface area (Å²) in [6, 6.07) is 11.7. The van der Waals surface area contributed by atoms with E-state index in [1.165, 1.54) is 24.6 Å². The molecule has 1 saturated carbocycles. The molecule has 11 heteroatoms. The summed E-state index contributed by atoms with van der Waals surface area (Å²) in [5.41, 5.74) is 7.26. The SMILES string of the molecule is CC(C)Oc1ccc(-c2ccc(C(=O)NS(=O)(=O)c3cccc(N)n3)c(N3C(C)CC4CCCCC43)n2)cn1.[HH].[HH]. The number of amides is 1. The molecule has 4 heterocycles. The van der Waals surface area contributed by atoms with Crippen molar-refractivity contribution in [1.29, 1.82) is 0 Å². The number of fused-ring (bicyclic) bond motifs is 1. The molecule has 39 heavy (non-hydrogen) atoms. The Bertz CT molecular complexity index is 1470. The predicted octanol–water partition coefficient (Wildman–Crippen LogP) is 4.68. The molecule has 1 aliphatic heterocycles. The molecule has 210 valence electrons. The van der Waals surface area contributed by atoms with Gasteiger partial charge in [0.15, 0.2) is 5.03 Å².